The van der Waals surface area contributed by atoms with Crippen molar-refractivity contribution < 1.29 is 29.4 Å². The molecule has 0 bridgehead atoms. The second-order valence-electron chi connectivity index (χ2n) is 8.99. The van der Waals surface area contributed by atoms with Crippen molar-refractivity contribution in [3.8, 4) is 0 Å². The number of thiol groups is 1. The molecule has 0 aliphatic rings. The van der Waals surface area contributed by atoms with Crippen LogP contribution in [-0.4, -0.2) is 87.4 Å². The quantitative estimate of drug-likeness (QED) is 0.0493. The number of aliphatic imine (C=N–C) groups is 1. The Labute approximate surface area is 230 Å². The predicted octanol–water partition coefficient (Wildman–Crippen LogP) is -2.06. The molecule has 5 atom stereocenters. The molecule has 3 amide bonds. The van der Waals surface area contributed by atoms with E-state index in [2.05, 4.69) is 38.6 Å². The molecular formula is C24H36N8O6S. The third-order valence-corrected chi connectivity index (χ3v) is 6.28. The number of aromatic amines is 1. The van der Waals surface area contributed by atoms with Crippen molar-refractivity contribution in [2.45, 2.75) is 56.5 Å². The number of aromatic nitrogens is 1. The number of carboxylic acids is 1. The van der Waals surface area contributed by atoms with Gasteiger partial charge in [0.2, 0.25) is 17.7 Å². The maximum atomic E-state index is 13.5. The van der Waals surface area contributed by atoms with Gasteiger partial charge in [0, 0.05) is 35.8 Å². The number of hydrogen-bond donors (Lipinski definition) is 10. The molecule has 214 valence electrons. The molecule has 5 unspecified atom stereocenters. The first kappa shape index (κ1) is 31.4. The van der Waals surface area contributed by atoms with Gasteiger partial charge in [-0.1, -0.05) is 18.2 Å². The summed E-state index contributed by atoms with van der Waals surface area (Å²) in [7, 11) is 0. The van der Waals surface area contributed by atoms with E-state index < -0.39 is 54.0 Å². The minimum Gasteiger partial charge on any atom is -0.480 e. The first-order chi connectivity index (χ1) is 18.4. The Hall–Kier alpha value is -3.82. The zero-order valence-electron chi connectivity index (χ0n) is 21.5. The van der Waals surface area contributed by atoms with Gasteiger partial charge in [-0.2, -0.15) is 12.6 Å². The van der Waals surface area contributed by atoms with Crippen LogP contribution in [0.3, 0.4) is 0 Å². The SMILES string of the molecule is CC(O)C(NC(=O)C(CCCN=C(N)N)NC(=O)C(Cc1c[nH]c2ccccc12)NC(=O)C(N)CS)C(=O)O. The Morgan fingerprint density at radius 1 is 1.05 bits per heavy atom. The highest BCUT2D eigenvalue weighted by Crippen LogP contribution is 2.19. The van der Waals surface area contributed by atoms with E-state index in [1.165, 1.54) is 6.92 Å². The molecule has 0 fully saturated rings. The largest absolute Gasteiger partial charge is 0.480 e. The molecule has 2 rings (SSSR count). The average Bonchev–Trinajstić information content (AvgIpc) is 3.29. The second kappa shape index (κ2) is 14.9. The van der Waals surface area contributed by atoms with Gasteiger partial charge in [-0.05, 0) is 31.4 Å². The van der Waals surface area contributed by atoms with Crippen molar-refractivity contribution in [3.63, 3.8) is 0 Å². The monoisotopic (exact) mass is 564 g/mol. The molecular weight excluding hydrogens is 528 g/mol. The van der Waals surface area contributed by atoms with Crippen molar-refractivity contribution in [1.29, 1.82) is 0 Å². The molecule has 0 saturated carbocycles. The number of aliphatic carboxylic acids is 1. The highest BCUT2D eigenvalue weighted by Gasteiger charge is 2.32. The summed E-state index contributed by atoms with van der Waals surface area (Å²) in [5.41, 5.74) is 18.0. The Bertz CT molecular complexity index is 1180. The number of nitrogens with one attached hydrogen (secondary N) is 4. The topological polar surface area (TPSA) is 251 Å². The third-order valence-electron chi connectivity index (χ3n) is 5.89. The smallest absolute Gasteiger partial charge is 0.328 e. The summed E-state index contributed by atoms with van der Waals surface area (Å²) in [6, 6.07) is 2.46. The van der Waals surface area contributed by atoms with Crippen LogP contribution in [0.1, 0.15) is 25.3 Å². The lowest BCUT2D eigenvalue weighted by molar-refractivity contribution is -0.145. The third kappa shape index (κ3) is 9.46. The zero-order valence-corrected chi connectivity index (χ0v) is 22.4. The number of guanidine groups is 1. The summed E-state index contributed by atoms with van der Waals surface area (Å²) in [6.07, 6.45) is 0.669. The van der Waals surface area contributed by atoms with Crippen molar-refractivity contribution >= 4 is 53.2 Å². The predicted molar refractivity (Wildman–Crippen MR) is 149 cm³/mol. The van der Waals surface area contributed by atoms with Crippen LogP contribution < -0.4 is 33.2 Å². The Kier molecular flexibility index (Phi) is 12.0. The Morgan fingerprint density at radius 2 is 1.69 bits per heavy atom. The minimum atomic E-state index is -1.61. The van der Waals surface area contributed by atoms with Crippen LogP contribution in [0.5, 0.6) is 0 Å². The number of carboxylic acid groups (broad SMARTS) is 1. The highest BCUT2D eigenvalue weighted by atomic mass is 32.1. The van der Waals surface area contributed by atoms with E-state index in [1.54, 1.807) is 6.20 Å². The number of nitrogens with two attached hydrogens (primary N) is 3. The number of aliphatic hydroxyl groups is 1. The van der Waals surface area contributed by atoms with Crippen LogP contribution in [0.15, 0.2) is 35.5 Å². The molecule has 39 heavy (non-hydrogen) atoms. The van der Waals surface area contributed by atoms with Crippen LogP contribution in [0.25, 0.3) is 10.9 Å². The van der Waals surface area contributed by atoms with Crippen LogP contribution in [0.2, 0.25) is 0 Å². The number of carbonyl (C=O) groups is 4. The molecule has 12 N–H and O–H groups in total. The summed E-state index contributed by atoms with van der Waals surface area (Å²) in [5, 5.41) is 27.4. The lowest BCUT2D eigenvalue weighted by Gasteiger charge is -2.25. The molecule has 1 aromatic heterocycles. The van der Waals surface area contributed by atoms with Gasteiger partial charge in [0.15, 0.2) is 12.0 Å². The van der Waals surface area contributed by atoms with E-state index in [-0.39, 0.29) is 37.5 Å². The summed E-state index contributed by atoms with van der Waals surface area (Å²) >= 11 is 4.03. The average molecular weight is 565 g/mol. The number of hydrogen-bond acceptors (Lipinski definition) is 8. The summed E-state index contributed by atoms with van der Waals surface area (Å²) in [4.78, 5) is 57.5. The Balaban J connectivity index is 2.30. The number of carbonyl (C=O) groups excluding carboxylic acids is 3. The fourth-order valence-corrected chi connectivity index (χ4v) is 3.94. The maximum Gasteiger partial charge on any atom is 0.328 e. The van der Waals surface area contributed by atoms with E-state index >= 15 is 0 Å². The summed E-state index contributed by atoms with van der Waals surface area (Å²) < 4.78 is 0. The van der Waals surface area contributed by atoms with Crippen molar-refractivity contribution in [2.75, 3.05) is 12.3 Å². The van der Waals surface area contributed by atoms with E-state index in [0.29, 0.717) is 0 Å². The van der Waals surface area contributed by atoms with Crippen LogP contribution in [0.4, 0.5) is 0 Å². The van der Waals surface area contributed by atoms with Gasteiger partial charge in [0.25, 0.3) is 0 Å². The van der Waals surface area contributed by atoms with Gasteiger partial charge < -0.3 is 48.3 Å². The standard InChI is InChI=1S/C24H36N8O6S/c1-12(33)19(23(37)38)32-21(35)17(7-4-8-28-24(26)27)30-22(36)18(31-20(34)15(25)11-39)9-13-10-29-16-6-3-2-5-14(13)16/h2-3,5-6,10,12,15,17-19,29,33,39H,4,7-9,11,25H2,1H3,(H,30,36)(H,31,34)(H,32,35)(H,37,38)(H4,26,27,28). The van der Waals surface area contributed by atoms with Gasteiger partial charge in [-0.3, -0.25) is 19.4 Å². The van der Waals surface area contributed by atoms with E-state index in [0.717, 1.165) is 16.5 Å². The molecule has 0 spiro atoms. The normalized spacial score (nSPS) is 14.9. The van der Waals surface area contributed by atoms with Crippen LogP contribution in [-0.2, 0) is 25.6 Å². The van der Waals surface area contributed by atoms with Gasteiger partial charge >= 0.3 is 5.97 Å². The number of amides is 3. The van der Waals surface area contributed by atoms with Crippen molar-refractivity contribution in [1.82, 2.24) is 20.9 Å². The van der Waals surface area contributed by atoms with Crippen molar-refractivity contribution in [3.05, 3.63) is 36.0 Å². The first-order valence-corrected chi connectivity index (χ1v) is 12.9. The Morgan fingerprint density at radius 3 is 2.31 bits per heavy atom. The van der Waals surface area contributed by atoms with Crippen LogP contribution in [0, 0.1) is 0 Å². The van der Waals surface area contributed by atoms with Gasteiger partial charge in [-0.15, -0.1) is 0 Å². The summed E-state index contributed by atoms with van der Waals surface area (Å²) in [5.74, 6) is -3.72. The summed E-state index contributed by atoms with van der Waals surface area (Å²) in [6.45, 7) is 1.36. The number of H-pyrrole nitrogens is 1. The number of benzene rings is 1. The maximum absolute atomic E-state index is 13.5. The van der Waals surface area contributed by atoms with E-state index in [9.17, 15) is 29.4 Å². The van der Waals surface area contributed by atoms with Gasteiger partial charge in [-0.25, -0.2) is 4.79 Å². The molecule has 0 radical (unpaired) electrons. The van der Waals surface area contributed by atoms with E-state index in [4.69, 9.17) is 17.2 Å². The highest BCUT2D eigenvalue weighted by molar-refractivity contribution is 7.80. The van der Waals surface area contributed by atoms with Crippen LogP contribution >= 0.6 is 12.6 Å². The fraction of sp³-hybridized carbons (Fsp3) is 0.458. The molecule has 0 saturated heterocycles. The number of fused-ring (bicyclic) bond motifs is 1. The lowest BCUT2D eigenvalue weighted by Crippen LogP contribution is -2.58. The number of para-hydroxylation sites is 1. The van der Waals surface area contributed by atoms with E-state index in [1.807, 2.05) is 24.3 Å². The minimum absolute atomic E-state index is 0.0322. The molecule has 1 aromatic carbocycles. The molecule has 0 aliphatic heterocycles. The number of aliphatic hydroxyl groups excluding tert-OH is 1. The molecule has 14 nitrogen and oxygen atoms in total. The number of rotatable bonds is 15. The van der Waals surface area contributed by atoms with Crippen molar-refractivity contribution in [2.24, 2.45) is 22.2 Å². The van der Waals surface area contributed by atoms with Gasteiger partial charge in [0.05, 0.1) is 12.1 Å². The number of nitrogens with zero attached hydrogens (tertiary/aromatic N) is 1. The molecule has 2 aromatic rings. The lowest BCUT2D eigenvalue weighted by atomic mass is 10.0. The second-order valence-corrected chi connectivity index (χ2v) is 9.35. The fourth-order valence-electron chi connectivity index (χ4n) is 3.78. The zero-order chi connectivity index (χ0) is 29.1. The molecule has 1 heterocycles. The van der Waals surface area contributed by atoms with Gasteiger partial charge in [0.1, 0.15) is 12.1 Å². The molecule has 15 heteroatoms. The molecule has 0 aliphatic carbocycles. The first-order valence-electron chi connectivity index (χ1n) is 12.2.